The van der Waals surface area contributed by atoms with Crippen LogP contribution in [-0.4, -0.2) is 42.6 Å². The van der Waals surface area contributed by atoms with Crippen molar-refractivity contribution in [1.29, 1.82) is 0 Å². The summed E-state index contributed by atoms with van der Waals surface area (Å²) in [5.74, 6) is 0.0748. The molecule has 1 aliphatic rings. The van der Waals surface area contributed by atoms with Gasteiger partial charge in [-0.15, -0.1) is 0 Å². The van der Waals surface area contributed by atoms with Gasteiger partial charge < -0.3 is 15.4 Å². The molecule has 0 heterocycles. The zero-order chi connectivity index (χ0) is 12.2. The molecule has 0 aromatic carbocycles. The van der Waals surface area contributed by atoms with Crippen molar-refractivity contribution in [3.8, 4) is 0 Å². The Kier molecular flexibility index (Phi) is 4.68. The number of nitrogens with two attached hydrogens (primary N) is 1. The Morgan fingerprint density at radius 3 is 2.50 bits per heavy atom. The van der Waals surface area contributed by atoms with Crippen molar-refractivity contribution >= 4 is 23.1 Å². The van der Waals surface area contributed by atoms with Crippen LogP contribution < -0.4 is 5.73 Å². The predicted molar refractivity (Wildman–Crippen MR) is 67.2 cm³/mol. The molecule has 16 heavy (non-hydrogen) atoms. The summed E-state index contributed by atoms with van der Waals surface area (Å²) in [5, 5.41) is 0. The van der Waals surface area contributed by atoms with Gasteiger partial charge in [0.25, 0.3) is 0 Å². The third-order valence-corrected chi connectivity index (χ3v) is 3.71. The number of rotatable bonds is 6. The summed E-state index contributed by atoms with van der Waals surface area (Å²) in [6, 6.07) is 0. The predicted octanol–water partition coefficient (Wildman–Crippen LogP) is 0.938. The molecule has 0 aliphatic heterocycles. The molecule has 1 fully saturated rings. The van der Waals surface area contributed by atoms with Gasteiger partial charge in [-0.05, 0) is 19.8 Å². The molecule has 1 aliphatic carbocycles. The van der Waals surface area contributed by atoms with E-state index in [4.69, 9.17) is 22.7 Å². The number of likely N-dealkylation sites (N-methyl/N-ethyl adjacent to an activating group) is 1. The number of methoxy groups -OCH3 is 1. The highest BCUT2D eigenvalue weighted by atomic mass is 32.1. The highest BCUT2D eigenvalue weighted by Crippen LogP contribution is 2.42. The van der Waals surface area contributed by atoms with Crippen LogP contribution in [0.1, 0.15) is 26.2 Å². The Bertz CT molecular complexity index is 277. The van der Waals surface area contributed by atoms with Gasteiger partial charge in [-0.1, -0.05) is 18.6 Å². The molecule has 5 heteroatoms. The van der Waals surface area contributed by atoms with Gasteiger partial charge in [-0.25, -0.2) is 0 Å². The smallest absolute Gasteiger partial charge is 0.235 e. The van der Waals surface area contributed by atoms with E-state index in [1.165, 1.54) is 0 Å². The highest BCUT2D eigenvalue weighted by Gasteiger charge is 2.48. The lowest BCUT2D eigenvalue weighted by atomic mass is 9.67. The minimum Gasteiger partial charge on any atom is -0.392 e. The first-order valence-corrected chi connectivity index (χ1v) is 6.07. The summed E-state index contributed by atoms with van der Waals surface area (Å²) in [5.41, 5.74) is 5.15. The minimum atomic E-state index is -0.556. The van der Waals surface area contributed by atoms with Gasteiger partial charge in [-0.3, -0.25) is 4.79 Å². The Hall–Kier alpha value is -0.680. The SMILES string of the molecule is CCN(CCOC)C(=O)C1(C(N)=S)CCC1. The van der Waals surface area contributed by atoms with E-state index < -0.39 is 5.41 Å². The fourth-order valence-electron chi connectivity index (χ4n) is 2.00. The van der Waals surface area contributed by atoms with Gasteiger partial charge in [-0.2, -0.15) is 0 Å². The summed E-state index contributed by atoms with van der Waals surface area (Å²) < 4.78 is 4.99. The fourth-order valence-corrected chi connectivity index (χ4v) is 2.29. The minimum absolute atomic E-state index is 0.0748. The number of hydrogen-bond acceptors (Lipinski definition) is 3. The molecular weight excluding hydrogens is 224 g/mol. The van der Waals surface area contributed by atoms with Crippen molar-refractivity contribution in [3.63, 3.8) is 0 Å². The molecule has 0 bridgehead atoms. The molecule has 0 unspecified atom stereocenters. The van der Waals surface area contributed by atoms with Crippen LogP contribution in [0.4, 0.5) is 0 Å². The number of hydrogen-bond donors (Lipinski definition) is 1. The lowest BCUT2D eigenvalue weighted by Crippen LogP contribution is -2.54. The third kappa shape index (κ3) is 2.35. The van der Waals surface area contributed by atoms with Gasteiger partial charge in [0.2, 0.25) is 5.91 Å². The maximum absolute atomic E-state index is 12.3. The average Bonchev–Trinajstić information content (AvgIpc) is 2.16. The van der Waals surface area contributed by atoms with E-state index in [0.717, 1.165) is 19.3 Å². The van der Waals surface area contributed by atoms with Gasteiger partial charge >= 0.3 is 0 Å². The molecule has 0 atom stereocenters. The topological polar surface area (TPSA) is 55.6 Å². The van der Waals surface area contributed by atoms with Crippen molar-refractivity contribution in [1.82, 2.24) is 4.90 Å². The third-order valence-electron chi connectivity index (χ3n) is 3.32. The van der Waals surface area contributed by atoms with E-state index >= 15 is 0 Å². The number of thiocarbonyl (C=S) groups is 1. The molecule has 1 amide bonds. The lowest BCUT2D eigenvalue weighted by molar-refractivity contribution is -0.142. The summed E-state index contributed by atoms with van der Waals surface area (Å²) in [7, 11) is 1.63. The van der Waals surface area contributed by atoms with Crippen molar-refractivity contribution in [3.05, 3.63) is 0 Å². The molecule has 2 N–H and O–H groups in total. The average molecular weight is 244 g/mol. The van der Waals surface area contributed by atoms with Crippen molar-refractivity contribution in [2.24, 2.45) is 11.1 Å². The Morgan fingerprint density at radius 2 is 2.19 bits per heavy atom. The number of carbonyl (C=O) groups is 1. The number of carbonyl (C=O) groups excluding carboxylic acids is 1. The van der Waals surface area contributed by atoms with Crippen LogP contribution in [0.15, 0.2) is 0 Å². The van der Waals surface area contributed by atoms with Gasteiger partial charge in [0.05, 0.1) is 17.0 Å². The van der Waals surface area contributed by atoms with Gasteiger partial charge in [0, 0.05) is 20.2 Å². The van der Waals surface area contributed by atoms with Crippen molar-refractivity contribution in [2.45, 2.75) is 26.2 Å². The van der Waals surface area contributed by atoms with Crippen LogP contribution in [0.25, 0.3) is 0 Å². The first-order valence-electron chi connectivity index (χ1n) is 5.66. The molecule has 4 nitrogen and oxygen atoms in total. The van der Waals surface area contributed by atoms with Crippen LogP contribution in [0.5, 0.6) is 0 Å². The molecule has 0 radical (unpaired) electrons. The van der Waals surface area contributed by atoms with Gasteiger partial charge in [0.15, 0.2) is 0 Å². The largest absolute Gasteiger partial charge is 0.392 e. The molecule has 0 spiro atoms. The Balaban J connectivity index is 2.69. The Labute approximate surface area is 102 Å². The second-order valence-corrected chi connectivity index (χ2v) is 4.62. The summed E-state index contributed by atoms with van der Waals surface area (Å²) in [4.78, 5) is 14.5. The number of ether oxygens (including phenoxy) is 1. The van der Waals surface area contributed by atoms with Gasteiger partial charge in [0.1, 0.15) is 0 Å². The van der Waals surface area contributed by atoms with Crippen LogP contribution in [0.3, 0.4) is 0 Å². The standard InChI is InChI=1S/C11H20N2O2S/c1-3-13(7-8-15-2)10(14)11(9(12)16)5-4-6-11/h3-8H2,1-2H3,(H2,12,16). The molecule has 0 saturated heterocycles. The summed E-state index contributed by atoms with van der Waals surface area (Å²) >= 11 is 5.04. The molecule has 0 aromatic rings. The van der Waals surface area contributed by atoms with Crippen LogP contribution in [0.2, 0.25) is 0 Å². The molecular formula is C11H20N2O2S. The maximum atomic E-state index is 12.3. The molecule has 92 valence electrons. The first kappa shape index (κ1) is 13.4. The highest BCUT2D eigenvalue weighted by molar-refractivity contribution is 7.80. The van der Waals surface area contributed by atoms with Crippen LogP contribution in [-0.2, 0) is 9.53 Å². The number of nitrogens with zero attached hydrogens (tertiary/aromatic N) is 1. The van der Waals surface area contributed by atoms with E-state index in [9.17, 15) is 4.79 Å². The number of amides is 1. The zero-order valence-corrected chi connectivity index (χ0v) is 10.8. The fraction of sp³-hybridized carbons (Fsp3) is 0.818. The van der Waals surface area contributed by atoms with Crippen molar-refractivity contribution in [2.75, 3.05) is 26.8 Å². The lowest BCUT2D eigenvalue weighted by Gasteiger charge is -2.42. The molecule has 1 rings (SSSR count). The van der Waals surface area contributed by atoms with E-state index in [1.54, 1.807) is 12.0 Å². The second-order valence-electron chi connectivity index (χ2n) is 4.18. The second kappa shape index (κ2) is 5.59. The zero-order valence-electron chi connectivity index (χ0n) is 9.99. The summed E-state index contributed by atoms with van der Waals surface area (Å²) in [6.07, 6.45) is 2.63. The van der Waals surface area contributed by atoms with E-state index in [2.05, 4.69) is 0 Å². The quantitative estimate of drug-likeness (QED) is 0.706. The first-order chi connectivity index (χ1) is 7.58. The molecule has 0 aromatic heterocycles. The molecule has 1 saturated carbocycles. The normalized spacial score (nSPS) is 17.6. The van der Waals surface area contributed by atoms with Crippen LogP contribution >= 0.6 is 12.2 Å². The van der Waals surface area contributed by atoms with Crippen molar-refractivity contribution < 1.29 is 9.53 Å². The van der Waals surface area contributed by atoms with E-state index in [1.807, 2.05) is 6.92 Å². The Morgan fingerprint density at radius 1 is 1.56 bits per heavy atom. The maximum Gasteiger partial charge on any atom is 0.235 e. The van der Waals surface area contributed by atoms with E-state index in [0.29, 0.717) is 24.7 Å². The van der Waals surface area contributed by atoms with Crippen LogP contribution in [0, 0.1) is 5.41 Å². The monoisotopic (exact) mass is 244 g/mol. The van der Waals surface area contributed by atoms with E-state index in [-0.39, 0.29) is 5.91 Å². The summed E-state index contributed by atoms with van der Waals surface area (Å²) in [6.45, 7) is 3.79.